The average molecular weight is 249 g/mol. The molecule has 94 valence electrons. The van der Waals surface area contributed by atoms with Crippen LogP contribution in [0.4, 0.5) is 0 Å². The Labute approximate surface area is 111 Å². The molecule has 0 amide bonds. The smallest absolute Gasteiger partial charge is 0.0757 e. The van der Waals surface area contributed by atoms with Crippen LogP contribution in [0.15, 0.2) is 60.7 Å². The number of hydrogen-bond acceptors (Lipinski definition) is 1. The number of benzene rings is 2. The van der Waals surface area contributed by atoms with Crippen LogP contribution in [0, 0.1) is 0 Å². The number of nitrogens with zero attached hydrogens (tertiary/aromatic N) is 1. The van der Waals surface area contributed by atoms with Crippen LogP contribution in [-0.4, -0.2) is 17.8 Å². The Balaban J connectivity index is 2.10. The fourth-order valence-corrected chi connectivity index (χ4v) is 3.00. The van der Waals surface area contributed by atoms with E-state index in [1.807, 2.05) is 0 Å². The molecule has 2 heteroatoms. The lowest BCUT2D eigenvalue weighted by Gasteiger charge is -2.21. The Morgan fingerprint density at radius 2 is 1.53 bits per heavy atom. The van der Waals surface area contributed by atoms with Crippen LogP contribution < -0.4 is 0 Å². The highest BCUT2D eigenvalue weighted by atomic mass is 16.5. The minimum Gasteiger partial charge on any atom is -0.375 e. The Morgan fingerprint density at radius 3 is 2.11 bits per heavy atom. The van der Waals surface area contributed by atoms with Gasteiger partial charge < -0.3 is 9.30 Å². The Kier molecular flexibility index (Phi) is 2.42. The second-order valence-corrected chi connectivity index (χ2v) is 4.94. The molecule has 0 saturated carbocycles. The molecule has 0 radical (unpaired) electrons. The summed E-state index contributed by atoms with van der Waals surface area (Å²) in [7, 11) is 0. The van der Waals surface area contributed by atoms with Crippen LogP contribution >= 0.6 is 0 Å². The first-order chi connectivity index (χ1) is 9.45. The van der Waals surface area contributed by atoms with Crippen LogP contribution in [0.25, 0.3) is 21.8 Å². The summed E-state index contributed by atoms with van der Waals surface area (Å²) in [6, 6.07) is 17.5. The van der Waals surface area contributed by atoms with Crippen molar-refractivity contribution in [2.45, 2.75) is 6.04 Å². The van der Waals surface area contributed by atoms with E-state index in [0.717, 1.165) is 13.2 Å². The quantitative estimate of drug-likeness (QED) is 0.596. The maximum Gasteiger partial charge on any atom is 0.0757 e. The molecule has 0 bridgehead atoms. The van der Waals surface area contributed by atoms with Gasteiger partial charge in [0, 0.05) is 21.8 Å². The van der Waals surface area contributed by atoms with E-state index in [9.17, 15) is 0 Å². The van der Waals surface area contributed by atoms with E-state index in [1.54, 1.807) is 0 Å². The SMILES string of the molecule is C1=CC(n2c3ccccc3c3ccccc32)COC1. The van der Waals surface area contributed by atoms with Crippen LogP contribution in [0.1, 0.15) is 6.04 Å². The lowest BCUT2D eigenvalue weighted by Crippen LogP contribution is -2.16. The number of ether oxygens (including phenoxy) is 1. The van der Waals surface area contributed by atoms with Crippen molar-refractivity contribution in [3.63, 3.8) is 0 Å². The monoisotopic (exact) mass is 249 g/mol. The number of aromatic nitrogens is 1. The molecule has 2 aromatic carbocycles. The summed E-state index contributed by atoms with van der Waals surface area (Å²) in [5, 5.41) is 2.63. The summed E-state index contributed by atoms with van der Waals surface area (Å²) >= 11 is 0. The standard InChI is InChI=1S/C17H15NO/c1-3-9-16-14(7-1)15-8-2-4-10-17(15)18(16)13-6-5-11-19-12-13/h1-10,13H,11-12H2. The molecule has 1 aromatic heterocycles. The molecular formula is C17H15NO. The van der Waals surface area contributed by atoms with Crippen LogP contribution in [-0.2, 0) is 4.74 Å². The maximum absolute atomic E-state index is 5.60. The van der Waals surface area contributed by atoms with Gasteiger partial charge in [-0.25, -0.2) is 0 Å². The van der Waals surface area contributed by atoms with E-state index in [-0.39, 0.29) is 0 Å². The molecule has 0 fully saturated rings. The largest absolute Gasteiger partial charge is 0.375 e. The molecule has 0 aliphatic carbocycles. The first kappa shape index (κ1) is 10.8. The van der Waals surface area contributed by atoms with E-state index < -0.39 is 0 Å². The van der Waals surface area contributed by atoms with Crippen molar-refractivity contribution in [2.24, 2.45) is 0 Å². The van der Waals surface area contributed by atoms with Gasteiger partial charge >= 0.3 is 0 Å². The van der Waals surface area contributed by atoms with Crippen molar-refractivity contribution in [3.8, 4) is 0 Å². The molecule has 3 aromatic rings. The molecule has 0 saturated heterocycles. The van der Waals surface area contributed by atoms with Crippen molar-refractivity contribution in [1.29, 1.82) is 0 Å². The van der Waals surface area contributed by atoms with E-state index in [0.29, 0.717) is 6.04 Å². The van der Waals surface area contributed by atoms with Gasteiger partial charge in [0.05, 0.1) is 19.3 Å². The van der Waals surface area contributed by atoms with Crippen molar-refractivity contribution in [2.75, 3.05) is 13.2 Å². The predicted octanol–water partition coefficient (Wildman–Crippen LogP) is 3.92. The van der Waals surface area contributed by atoms with Gasteiger partial charge in [-0.1, -0.05) is 48.6 Å². The third kappa shape index (κ3) is 1.60. The third-order valence-corrected chi connectivity index (χ3v) is 3.81. The molecule has 1 aliphatic rings. The topological polar surface area (TPSA) is 14.2 Å². The molecule has 1 unspecified atom stereocenters. The van der Waals surface area contributed by atoms with E-state index in [1.165, 1.54) is 21.8 Å². The summed E-state index contributed by atoms with van der Waals surface area (Å²) in [6.07, 6.45) is 4.36. The number of rotatable bonds is 1. The maximum atomic E-state index is 5.60. The van der Waals surface area contributed by atoms with Gasteiger partial charge in [-0.3, -0.25) is 0 Å². The minimum atomic E-state index is 0.290. The van der Waals surface area contributed by atoms with Crippen LogP contribution in [0.2, 0.25) is 0 Å². The van der Waals surface area contributed by atoms with Gasteiger partial charge in [0.25, 0.3) is 0 Å². The normalized spacial score (nSPS) is 19.3. The summed E-state index contributed by atoms with van der Waals surface area (Å²) < 4.78 is 7.99. The Bertz CT molecular complexity index is 716. The van der Waals surface area contributed by atoms with Gasteiger partial charge in [-0.05, 0) is 12.1 Å². The van der Waals surface area contributed by atoms with E-state index in [2.05, 4.69) is 65.3 Å². The first-order valence-electron chi connectivity index (χ1n) is 6.67. The molecule has 0 N–H and O–H groups in total. The van der Waals surface area contributed by atoms with Crippen LogP contribution in [0.3, 0.4) is 0 Å². The molecule has 1 atom stereocenters. The minimum absolute atomic E-state index is 0.290. The summed E-state index contributed by atoms with van der Waals surface area (Å²) in [5.41, 5.74) is 2.56. The van der Waals surface area contributed by atoms with Gasteiger partial charge in [0.15, 0.2) is 0 Å². The van der Waals surface area contributed by atoms with Crippen molar-refractivity contribution in [3.05, 3.63) is 60.7 Å². The summed E-state index contributed by atoms with van der Waals surface area (Å²) in [4.78, 5) is 0. The third-order valence-electron chi connectivity index (χ3n) is 3.81. The fraction of sp³-hybridized carbons (Fsp3) is 0.176. The highest BCUT2D eigenvalue weighted by Crippen LogP contribution is 2.32. The van der Waals surface area contributed by atoms with Crippen molar-refractivity contribution < 1.29 is 4.74 Å². The molecule has 2 nitrogen and oxygen atoms in total. The zero-order valence-corrected chi connectivity index (χ0v) is 10.6. The molecule has 0 spiro atoms. The predicted molar refractivity (Wildman–Crippen MR) is 78.4 cm³/mol. The number of para-hydroxylation sites is 2. The van der Waals surface area contributed by atoms with E-state index in [4.69, 9.17) is 4.74 Å². The second kappa shape index (κ2) is 4.25. The Hall–Kier alpha value is -2.06. The molecular weight excluding hydrogens is 234 g/mol. The van der Waals surface area contributed by atoms with Gasteiger partial charge in [-0.2, -0.15) is 0 Å². The highest BCUT2D eigenvalue weighted by molar-refractivity contribution is 6.08. The van der Waals surface area contributed by atoms with Gasteiger partial charge in [-0.15, -0.1) is 0 Å². The average Bonchev–Trinajstić information content (AvgIpc) is 2.83. The first-order valence-corrected chi connectivity index (χ1v) is 6.67. The highest BCUT2D eigenvalue weighted by Gasteiger charge is 2.17. The van der Waals surface area contributed by atoms with Gasteiger partial charge in [0.1, 0.15) is 0 Å². The fourth-order valence-electron chi connectivity index (χ4n) is 3.00. The summed E-state index contributed by atoms with van der Waals surface area (Å²) in [5.74, 6) is 0. The molecule has 2 heterocycles. The number of fused-ring (bicyclic) bond motifs is 3. The number of hydrogen-bond donors (Lipinski definition) is 0. The Morgan fingerprint density at radius 1 is 0.895 bits per heavy atom. The lowest BCUT2D eigenvalue weighted by molar-refractivity contribution is 0.131. The van der Waals surface area contributed by atoms with Crippen LogP contribution in [0.5, 0.6) is 0 Å². The van der Waals surface area contributed by atoms with Gasteiger partial charge in [0.2, 0.25) is 0 Å². The van der Waals surface area contributed by atoms with E-state index >= 15 is 0 Å². The molecule has 4 rings (SSSR count). The van der Waals surface area contributed by atoms with Crippen molar-refractivity contribution in [1.82, 2.24) is 4.57 Å². The molecule has 1 aliphatic heterocycles. The second-order valence-electron chi connectivity index (χ2n) is 4.94. The summed E-state index contributed by atoms with van der Waals surface area (Å²) in [6.45, 7) is 1.48. The zero-order chi connectivity index (χ0) is 12.7. The molecule has 19 heavy (non-hydrogen) atoms. The van der Waals surface area contributed by atoms with Crippen molar-refractivity contribution >= 4 is 21.8 Å². The lowest BCUT2D eigenvalue weighted by atomic mass is 10.2. The zero-order valence-electron chi connectivity index (χ0n) is 10.6.